The first-order valence-electron chi connectivity index (χ1n) is 8.51. The van der Waals surface area contributed by atoms with Crippen molar-refractivity contribution < 1.29 is 22.7 Å². The van der Waals surface area contributed by atoms with Crippen LogP contribution in [0.3, 0.4) is 0 Å². The van der Waals surface area contributed by atoms with Gasteiger partial charge in [0.1, 0.15) is 0 Å². The molecule has 7 nitrogen and oxygen atoms in total. The fourth-order valence-corrected chi connectivity index (χ4v) is 5.51. The Kier molecular flexibility index (Phi) is 5.74. The molecule has 0 radical (unpaired) electrons. The molecular weight excluding hydrogens is 424 g/mol. The number of morpholine rings is 2. The van der Waals surface area contributed by atoms with Crippen molar-refractivity contribution in [1.82, 2.24) is 9.21 Å². The Labute approximate surface area is 162 Å². The normalized spacial score (nSPS) is 21.6. The number of carbonyl (C=O) groups excluding carboxylic acids is 1. The third-order valence-electron chi connectivity index (χ3n) is 4.66. The largest absolute Gasteiger partial charge is 0.379 e. The van der Waals surface area contributed by atoms with Gasteiger partial charge in [0.05, 0.1) is 36.9 Å². The summed E-state index contributed by atoms with van der Waals surface area (Å²) in [4.78, 5) is 14.9. The van der Waals surface area contributed by atoms with Gasteiger partial charge in [0.15, 0.2) is 0 Å². The zero-order chi connectivity index (χ0) is 18.9. The van der Waals surface area contributed by atoms with Crippen molar-refractivity contribution in [3.63, 3.8) is 0 Å². The lowest BCUT2D eigenvalue weighted by Gasteiger charge is -2.42. The Balaban J connectivity index is 1.93. The maximum Gasteiger partial charge on any atom is 0.254 e. The van der Waals surface area contributed by atoms with Gasteiger partial charge in [-0.15, -0.1) is 0 Å². The highest BCUT2D eigenvalue weighted by molar-refractivity contribution is 9.10. The van der Waals surface area contributed by atoms with Gasteiger partial charge in [-0.25, -0.2) is 8.42 Å². The number of halogens is 1. The van der Waals surface area contributed by atoms with E-state index in [1.54, 1.807) is 17.0 Å². The van der Waals surface area contributed by atoms with Crippen LogP contribution < -0.4 is 0 Å². The number of nitrogens with zero attached hydrogens (tertiary/aromatic N) is 2. The van der Waals surface area contributed by atoms with Crippen LogP contribution in [0, 0.1) is 0 Å². The lowest BCUT2D eigenvalue weighted by atomic mass is 10.0. The molecule has 26 heavy (non-hydrogen) atoms. The lowest BCUT2D eigenvalue weighted by Crippen LogP contribution is -2.55. The third-order valence-corrected chi connectivity index (χ3v) is 7.55. The Morgan fingerprint density at radius 3 is 2.42 bits per heavy atom. The average Bonchev–Trinajstić information content (AvgIpc) is 2.62. The summed E-state index contributed by atoms with van der Waals surface area (Å²) >= 11 is 3.32. The number of hydrogen-bond acceptors (Lipinski definition) is 5. The molecule has 1 aromatic carbocycles. The fourth-order valence-electron chi connectivity index (χ4n) is 3.15. The molecule has 3 rings (SSSR count). The van der Waals surface area contributed by atoms with Crippen molar-refractivity contribution in [2.24, 2.45) is 0 Å². The quantitative estimate of drug-likeness (QED) is 0.706. The minimum Gasteiger partial charge on any atom is -0.379 e. The summed E-state index contributed by atoms with van der Waals surface area (Å²) in [5.74, 6) is -0.191. The molecule has 2 aliphatic rings. The molecule has 0 N–H and O–H groups in total. The lowest BCUT2D eigenvalue weighted by molar-refractivity contribution is -0.0370. The maximum atomic E-state index is 13.0. The smallest absolute Gasteiger partial charge is 0.254 e. The molecule has 1 amide bonds. The number of sulfonamides is 1. The summed E-state index contributed by atoms with van der Waals surface area (Å²) in [6, 6.07) is 4.73. The summed E-state index contributed by atoms with van der Waals surface area (Å²) in [6.07, 6.45) is 0. The van der Waals surface area contributed by atoms with Crippen molar-refractivity contribution in [2.75, 3.05) is 46.1 Å². The molecule has 0 spiro atoms. The first-order chi connectivity index (χ1) is 12.2. The van der Waals surface area contributed by atoms with Crippen molar-refractivity contribution in [2.45, 2.75) is 24.3 Å². The molecule has 144 valence electrons. The van der Waals surface area contributed by atoms with Crippen molar-refractivity contribution in [3.05, 3.63) is 28.2 Å². The zero-order valence-electron chi connectivity index (χ0n) is 14.9. The van der Waals surface area contributed by atoms with E-state index in [-0.39, 0.29) is 10.8 Å². The highest BCUT2D eigenvalue weighted by atomic mass is 79.9. The van der Waals surface area contributed by atoms with E-state index in [1.165, 1.54) is 10.4 Å². The summed E-state index contributed by atoms with van der Waals surface area (Å²) in [5, 5.41) is 0. The van der Waals surface area contributed by atoms with E-state index in [0.717, 1.165) is 0 Å². The molecule has 9 heteroatoms. The molecule has 2 heterocycles. The van der Waals surface area contributed by atoms with E-state index >= 15 is 0 Å². The van der Waals surface area contributed by atoms with Crippen LogP contribution in [0.1, 0.15) is 24.2 Å². The highest BCUT2D eigenvalue weighted by Crippen LogP contribution is 2.29. The van der Waals surface area contributed by atoms with Crippen LogP contribution in [0.15, 0.2) is 27.6 Å². The van der Waals surface area contributed by atoms with Gasteiger partial charge in [0.25, 0.3) is 5.91 Å². The summed E-state index contributed by atoms with van der Waals surface area (Å²) in [5.41, 5.74) is -0.0823. The van der Waals surface area contributed by atoms with Crippen LogP contribution in [-0.4, -0.2) is 75.1 Å². The predicted octanol–water partition coefficient (Wildman–Crippen LogP) is 1.72. The van der Waals surface area contributed by atoms with E-state index in [2.05, 4.69) is 15.9 Å². The predicted molar refractivity (Wildman–Crippen MR) is 99.7 cm³/mol. The van der Waals surface area contributed by atoms with Crippen molar-refractivity contribution in [3.8, 4) is 0 Å². The van der Waals surface area contributed by atoms with Gasteiger partial charge in [-0.2, -0.15) is 4.31 Å². The first-order valence-corrected chi connectivity index (χ1v) is 10.7. The molecule has 0 atom stereocenters. The molecule has 0 aliphatic carbocycles. The summed E-state index contributed by atoms with van der Waals surface area (Å²) in [7, 11) is -3.70. The highest BCUT2D eigenvalue weighted by Gasteiger charge is 2.35. The van der Waals surface area contributed by atoms with E-state index < -0.39 is 15.6 Å². The van der Waals surface area contributed by atoms with E-state index in [4.69, 9.17) is 9.47 Å². The second-order valence-corrected chi connectivity index (χ2v) is 9.74. The first kappa shape index (κ1) is 19.8. The van der Waals surface area contributed by atoms with Gasteiger partial charge in [0.2, 0.25) is 10.0 Å². The van der Waals surface area contributed by atoms with Crippen LogP contribution in [0.2, 0.25) is 0 Å². The van der Waals surface area contributed by atoms with Crippen molar-refractivity contribution in [1.29, 1.82) is 0 Å². The molecule has 0 aromatic heterocycles. The Morgan fingerprint density at radius 1 is 1.12 bits per heavy atom. The Bertz CT molecular complexity index is 790. The second kappa shape index (κ2) is 7.55. The number of carbonyl (C=O) groups is 1. The number of amides is 1. The van der Waals surface area contributed by atoms with Gasteiger partial charge in [-0.05, 0) is 48.0 Å². The standard InChI is InChI=1S/C17H23BrN2O5S/c1-17(2)12-25-10-7-20(17)16(21)13-3-4-14(18)15(11-13)26(22,23)19-5-8-24-9-6-19/h3-4,11H,5-10,12H2,1-2H3. The summed E-state index contributed by atoms with van der Waals surface area (Å²) < 4.78 is 38.5. The number of hydrogen-bond donors (Lipinski definition) is 0. The maximum absolute atomic E-state index is 13.0. The molecule has 0 saturated carbocycles. The molecule has 1 aromatic rings. The number of ether oxygens (including phenoxy) is 2. The van der Waals surface area contributed by atoms with Crippen molar-refractivity contribution >= 4 is 31.9 Å². The molecular formula is C17H23BrN2O5S. The van der Waals surface area contributed by atoms with Crippen LogP contribution in [0.5, 0.6) is 0 Å². The summed E-state index contributed by atoms with van der Waals surface area (Å²) in [6.45, 7) is 6.65. The average molecular weight is 447 g/mol. The Morgan fingerprint density at radius 2 is 1.77 bits per heavy atom. The van der Waals surface area contributed by atoms with Crippen LogP contribution >= 0.6 is 15.9 Å². The van der Waals surface area contributed by atoms with Gasteiger partial charge in [-0.3, -0.25) is 4.79 Å². The number of benzene rings is 1. The molecule has 0 bridgehead atoms. The fraction of sp³-hybridized carbons (Fsp3) is 0.588. The second-order valence-electron chi connectivity index (χ2n) is 6.98. The monoisotopic (exact) mass is 446 g/mol. The Hall–Kier alpha value is -1.00. The molecule has 2 aliphatic heterocycles. The van der Waals surface area contributed by atoms with E-state index in [1.807, 2.05) is 13.8 Å². The topological polar surface area (TPSA) is 76.2 Å². The van der Waals surface area contributed by atoms with Crippen LogP contribution in [0.4, 0.5) is 0 Å². The SMILES string of the molecule is CC1(C)COCCN1C(=O)c1ccc(Br)c(S(=O)(=O)N2CCOCC2)c1. The molecule has 2 saturated heterocycles. The van der Waals surface area contributed by atoms with Crippen LogP contribution in [-0.2, 0) is 19.5 Å². The van der Waals surface area contributed by atoms with Gasteiger partial charge < -0.3 is 14.4 Å². The van der Waals surface area contributed by atoms with Gasteiger partial charge in [-0.1, -0.05) is 0 Å². The minimum atomic E-state index is -3.70. The van der Waals surface area contributed by atoms with E-state index in [9.17, 15) is 13.2 Å². The number of rotatable bonds is 3. The molecule has 0 unspecified atom stereocenters. The third kappa shape index (κ3) is 3.82. The zero-order valence-corrected chi connectivity index (χ0v) is 17.3. The van der Waals surface area contributed by atoms with Crippen LogP contribution in [0.25, 0.3) is 0 Å². The van der Waals surface area contributed by atoms with E-state index in [0.29, 0.717) is 56.1 Å². The molecule has 2 fully saturated rings. The minimum absolute atomic E-state index is 0.108. The van der Waals surface area contributed by atoms with Gasteiger partial charge in [0, 0.05) is 29.7 Å². The van der Waals surface area contributed by atoms with Gasteiger partial charge >= 0.3 is 0 Å².